The van der Waals surface area contributed by atoms with Crippen molar-refractivity contribution in [2.24, 2.45) is 0 Å². The molecule has 8 aromatic rings. The molecule has 0 heterocycles. The lowest BCUT2D eigenvalue weighted by molar-refractivity contribution is -0.144. The van der Waals surface area contributed by atoms with Gasteiger partial charge in [0.15, 0.2) is 23.0 Å². The van der Waals surface area contributed by atoms with Gasteiger partial charge >= 0.3 is 12.1 Å². The summed E-state index contributed by atoms with van der Waals surface area (Å²) in [5.74, 6) is 5.65. The van der Waals surface area contributed by atoms with E-state index in [-0.39, 0.29) is 39.5 Å². The molecule has 0 fully saturated rings. The van der Waals surface area contributed by atoms with Gasteiger partial charge in [-0.3, -0.25) is 4.79 Å². The van der Waals surface area contributed by atoms with Crippen LogP contribution in [0.2, 0.25) is 0 Å². The molecule has 0 saturated carbocycles. The zero-order chi connectivity index (χ0) is 66.0. The minimum Gasteiger partial charge on any atom is -0.494 e. The lowest BCUT2D eigenvalue weighted by atomic mass is 10.0. The molecule has 0 aromatic heterocycles. The number of amides is 2. The molecule has 0 spiro atoms. The fourth-order valence-corrected chi connectivity index (χ4v) is 9.33. The van der Waals surface area contributed by atoms with Crippen molar-refractivity contribution in [3.63, 3.8) is 0 Å². The first-order chi connectivity index (χ1) is 45.0. The third-order valence-corrected chi connectivity index (χ3v) is 14.0. The van der Waals surface area contributed by atoms with Gasteiger partial charge in [-0.05, 0) is 197 Å². The van der Waals surface area contributed by atoms with Crippen molar-refractivity contribution in [2.45, 2.75) is 126 Å². The molecule has 2 N–H and O–H groups in total. The molecule has 8 aromatic carbocycles. The van der Waals surface area contributed by atoms with Crippen molar-refractivity contribution in [1.29, 1.82) is 0 Å². The minimum absolute atomic E-state index is 0.0745. The first-order valence-electron chi connectivity index (χ1n) is 31.2. The molecule has 18 heteroatoms. The molecule has 2 amide bonds. The highest BCUT2D eigenvalue weighted by Crippen LogP contribution is 2.35. The Morgan fingerprint density at radius 3 is 1.04 bits per heavy atom. The summed E-state index contributed by atoms with van der Waals surface area (Å²) in [4.78, 5) is 38.6. The van der Waals surface area contributed by atoms with Crippen molar-refractivity contribution < 1.29 is 76.0 Å². The maximum absolute atomic E-state index is 13.5. The second-order valence-electron chi connectivity index (χ2n) is 22.5. The molecule has 0 saturated heterocycles. The summed E-state index contributed by atoms with van der Waals surface area (Å²) in [7, 11) is 1.23. The summed E-state index contributed by atoms with van der Waals surface area (Å²) >= 11 is 0. The molecular formula is C75H84N2O16. The number of benzene rings is 8. The van der Waals surface area contributed by atoms with Gasteiger partial charge in [0.25, 0.3) is 0 Å². The molecule has 18 nitrogen and oxygen atoms in total. The van der Waals surface area contributed by atoms with E-state index in [1.807, 2.05) is 179 Å². The number of rotatable bonds is 35. The monoisotopic (exact) mass is 1270 g/mol. The highest BCUT2D eigenvalue weighted by molar-refractivity contribution is 5.89. The summed E-state index contributed by atoms with van der Waals surface area (Å²) in [6.45, 7) is 18.3. The Bertz CT molecular complexity index is 3450. The maximum atomic E-state index is 13.5. The van der Waals surface area contributed by atoms with E-state index in [1.165, 1.54) is 14.0 Å². The Balaban J connectivity index is 1.03. The molecule has 0 bridgehead atoms. The topological polar surface area (TPSA) is 195 Å². The van der Waals surface area contributed by atoms with Gasteiger partial charge in [0, 0.05) is 12.5 Å². The van der Waals surface area contributed by atoms with Crippen LogP contribution in [0.5, 0.6) is 63.2 Å². The summed E-state index contributed by atoms with van der Waals surface area (Å²) in [5.41, 5.74) is 6.08. The van der Waals surface area contributed by atoms with Gasteiger partial charge in [0.05, 0.1) is 33.5 Å². The summed E-state index contributed by atoms with van der Waals surface area (Å²) in [5, 5.41) is 5.27. The Morgan fingerprint density at radius 1 is 0.355 bits per heavy atom. The SMILES string of the molecule is CCOc1ccc(COc2ccc(COc3cc(COc4ccc(CC(NC(=O)OC(C)(C)C)C(=O)NC(C)C(=O)OC)cc4)cc(OCc4ccc(OCc5ccc(OCC)cc5)c(OCc5ccc(OCC)cc5)c4)c3)cc2OCc2ccc(OCC)cc2)cc1. The van der Waals surface area contributed by atoms with Crippen LogP contribution < -0.4 is 62.7 Å². The third kappa shape index (κ3) is 22.6. The van der Waals surface area contributed by atoms with Gasteiger partial charge < -0.3 is 72.2 Å². The van der Waals surface area contributed by atoms with Crippen molar-refractivity contribution >= 4 is 18.0 Å². The molecule has 0 aliphatic heterocycles. The van der Waals surface area contributed by atoms with E-state index in [2.05, 4.69) is 10.6 Å². The van der Waals surface area contributed by atoms with Gasteiger partial charge in [0.1, 0.15) is 104 Å². The fourth-order valence-electron chi connectivity index (χ4n) is 9.33. The lowest BCUT2D eigenvalue weighted by Crippen LogP contribution is -2.52. The first kappa shape index (κ1) is 68.7. The Hall–Kier alpha value is -10.2. The average Bonchev–Trinajstić information content (AvgIpc) is 2.35. The van der Waals surface area contributed by atoms with E-state index in [0.717, 1.165) is 61.9 Å². The smallest absolute Gasteiger partial charge is 0.408 e. The van der Waals surface area contributed by atoms with Crippen LogP contribution >= 0.6 is 0 Å². The predicted molar refractivity (Wildman–Crippen MR) is 353 cm³/mol. The number of ether oxygens (including phenoxy) is 13. The fraction of sp³-hybridized carbons (Fsp3) is 0.320. The number of nitrogens with one attached hydrogen (secondary N) is 2. The van der Waals surface area contributed by atoms with Gasteiger partial charge in [-0.15, -0.1) is 0 Å². The van der Waals surface area contributed by atoms with Crippen molar-refractivity contribution in [3.8, 4) is 63.2 Å². The normalized spacial score (nSPS) is 11.6. The van der Waals surface area contributed by atoms with Crippen LogP contribution in [0, 0.1) is 0 Å². The van der Waals surface area contributed by atoms with Crippen LogP contribution in [0.1, 0.15) is 99.9 Å². The van der Waals surface area contributed by atoms with Crippen LogP contribution in [0.3, 0.4) is 0 Å². The number of hydrogen-bond acceptors (Lipinski definition) is 16. The largest absolute Gasteiger partial charge is 0.494 e. The summed E-state index contributed by atoms with van der Waals surface area (Å²) in [6.07, 6.45) is -0.711. The lowest BCUT2D eigenvalue weighted by Gasteiger charge is -2.24. The minimum atomic E-state index is -1.09. The van der Waals surface area contributed by atoms with Crippen LogP contribution in [0.4, 0.5) is 4.79 Å². The van der Waals surface area contributed by atoms with Gasteiger partial charge in [-0.2, -0.15) is 0 Å². The molecule has 490 valence electrons. The number of carbonyl (C=O) groups excluding carboxylic acids is 3. The molecule has 2 unspecified atom stereocenters. The van der Waals surface area contributed by atoms with E-state index in [4.69, 9.17) is 61.6 Å². The molecule has 0 aliphatic rings. The molecule has 8 rings (SSSR count). The van der Waals surface area contributed by atoms with Crippen LogP contribution in [-0.4, -0.2) is 69.2 Å². The highest BCUT2D eigenvalue weighted by atomic mass is 16.6. The number of methoxy groups -OCH3 is 1. The van der Waals surface area contributed by atoms with Crippen molar-refractivity contribution in [3.05, 3.63) is 220 Å². The quantitative estimate of drug-likeness (QED) is 0.0356. The predicted octanol–water partition coefficient (Wildman–Crippen LogP) is 14.4. The molecule has 93 heavy (non-hydrogen) atoms. The Kier molecular flexibility index (Phi) is 25.7. The molecular weight excluding hydrogens is 1180 g/mol. The second-order valence-corrected chi connectivity index (χ2v) is 22.5. The van der Waals surface area contributed by atoms with E-state index >= 15 is 0 Å². The van der Waals surface area contributed by atoms with Crippen LogP contribution in [0.15, 0.2) is 176 Å². The number of esters is 1. The number of hydrogen-bond donors (Lipinski definition) is 2. The van der Waals surface area contributed by atoms with Gasteiger partial charge in [0.2, 0.25) is 5.91 Å². The Morgan fingerprint density at radius 2 is 0.677 bits per heavy atom. The third-order valence-electron chi connectivity index (χ3n) is 14.0. The van der Waals surface area contributed by atoms with E-state index in [1.54, 1.807) is 45.0 Å². The summed E-state index contributed by atoms with van der Waals surface area (Å²) < 4.78 is 78.3. The first-order valence-corrected chi connectivity index (χ1v) is 31.2. The van der Waals surface area contributed by atoms with Gasteiger partial charge in [-0.1, -0.05) is 72.8 Å². The number of carbonyl (C=O) groups is 3. The summed E-state index contributed by atoms with van der Waals surface area (Å²) in [6, 6.07) is 53.4. The van der Waals surface area contributed by atoms with E-state index in [9.17, 15) is 14.4 Å². The zero-order valence-electron chi connectivity index (χ0n) is 54.4. The van der Waals surface area contributed by atoms with E-state index < -0.39 is 35.7 Å². The molecule has 0 radical (unpaired) electrons. The second kappa shape index (κ2) is 34.8. The standard InChI is InChI=1S/C75H84N2O16/c1-10-82-60-28-16-53(17-29-60)44-89-68-36-24-57(41-70(68)91-46-55-20-32-62(33-21-55)84-12-3)48-87-65-38-59(50-86-64-26-14-52(15-27-64)40-67(77-74(80)93-75(6,7)8)72(78)76-51(5)73(79)81-9)39-66(43-65)88-49-58-25-37-69(90-45-54-18-30-61(31-19-54)83-11-2)71(42-58)92-47-56-22-34-63(35-23-56)85-13-4/h14-39,41-43,51,67H,10-13,40,44-50H2,1-9H3,(H,76,78)(H,77,80). The highest BCUT2D eigenvalue weighted by Gasteiger charge is 2.28. The van der Waals surface area contributed by atoms with Gasteiger partial charge in [-0.25, -0.2) is 9.59 Å². The van der Waals surface area contributed by atoms with Crippen LogP contribution in [-0.2, 0) is 71.7 Å². The maximum Gasteiger partial charge on any atom is 0.408 e. The van der Waals surface area contributed by atoms with Crippen molar-refractivity contribution in [2.75, 3.05) is 33.5 Å². The van der Waals surface area contributed by atoms with Crippen molar-refractivity contribution in [1.82, 2.24) is 10.6 Å². The van der Waals surface area contributed by atoms with E-state index in [0.29, 0.717) is 85.5 Å². The molecule has 2 atom stereocenters. The Labute approximate surface area is 545 Å². The average molecular weight is 1270 g/mol. The number of alkyl carbamates (subject to hydrolysis) is 1. The zero-order valence-corrected chi connectivity index (χ0v) is 54.4. The molecule has 0 aliphatic carbocycles. The van der Waals surface area contributed by atoms with Crippen LogP contribution in [0.25, 0.3) is 0 Å².